The van der Waals surface area contributed by atoms with Crippen LogP contribution in [0.2, 0.25) is 0 Å². The molecule has 2 aliphatic rings. The molecule has 0 spiro atoms. The van der Waals surface area contributed by atoms with Gasteiger partial charge in [-0.2, -0.15) is 5.10 Å². The van der Waals surface area contributed by atoms with E-state index in [2.05, 4.69) is 50.9 Å². The molecule has 0 radical (unpaired) electrons. The number of anilines is 1. The SMILES string of the molecule is Cc1ccc(-n2c(SCc3nn(-c4ccc(F)cc4)c4c3CCC4)nnc2N2CCOCC2)cc1. The van der Waals surface area contributed by atoms with Gasteiger partial charge in [0, 0.05) is 24.5 Å². The lowest BCUT2D eigenvalue weighted by atomic mass is 10.2. The molecule has 0 amide bonds. The van der Waals surface area contributed by atoms with Crippen LogP contribution in [0.1, 0.15) is 28.9 Å². The smallest absolute Gasteiger partial charge is 0.232 e. The summed E-state index contributed by atoms with van der Waals surface area (Å²) in [5.41, 5.74) is 6.78. The van der Waals surface area contributed by atoms with Gasteiger partial charge in [-0.25, -0.2) is 9.07 Å². The summed E-state index contributed by atoms with van der Waals surface area (Å²) in [4.78, 5) is 2.24. The van der Waals surface area contributed by atoms with E-state index in [1.165, 1.54) is 29.0 Å². The van der Waals surface area contributed by atoms with Crippen LogP contribution in [-0.4, -0.2) is 50.8 Å². The van der Waals surface area contributed by atoms with E-state index in [9.17, 15) is 4.39 Å². The fourth-order valence-corrected chi connectivity index (χ4v) is 5.71. The number of rotatable bonds is 6. The number of aryl methyl sites for hydroxylation is 1. The molecule has 0 saturated carbocycles. The van der Waals surface area contributed by atoms with E-state index in [0.29, 0.717) is 19.0 Å². The number of nitrogens with zero attached hydrogens (tertiary/aromatic N) is 6. The minimum absolute atomic E-state index is 0.236. The van der Waals surface area contributed by atoms with Gasteiger partial charge in [0.2, 0.25) is 5.95 Å². The van der Waals surface area contributed by atoms with E-state index in [-0.39, 0.29) is 5.82 Å². The van der Waals surface area contributed by atoms with Crippen molar-refractivity contribution >= 4 is 17.7 Å². The Morgan fingerprint density at radius 3 is 2.46 bits per heavy atom. The molecule has 0 unspecified atom stereocenters. The third-order valence-corrected chi connectivity index (χ3v) is 7.57. The van der Waals surface area contributed by atoms with Gasteiger partial charge in [0.15, 0.2) is 5.16 Å². The van der Waals surface area contributed by atoms with Crippen LogP contribution >= 0.6 is 11.8 Å². The topological polar surface area (TPSA) is 61.0 Å². The first kappa shape index (κ1) is 22.3. The number of benzene rings is 2. The minimum atomic E-state index is -0.236. The van der Waals surface area contributed by atoms with Crippen LogP contribution in [0.15, 0.2) is 53.7 Å². The van der Waals surface area contributed by atoms with Gasteiger partial charge < -0.3 is 9.64 Å². The van der Waals surface area contributed by atoms with Crippen LogP contribution in [0.5, 0.6) is 0 Å². The first-order valence-electron chi connectivity index (χ1n) is 12.0. The Bertz CT molecular complexity index is 1330. The molecule has 0 bridgehead atoms. The summed E-state index contributed by atoms with van der Waals surface area (Å²) in [7, 11) is 0. The number of halogens is 1. The van der Waals surface area contributed by atoms with E-state index < -0.39 is 0 Å². The Hall–Kier alpha value is -3.17. The predicted octanol–water partition coefficient (Wildman–Crippen LogP) is 4.52. The third kappa shape index (κ3) is 4.34. The van der Waals surface area contributed by atoms with Gasteiger partial charge in [-0.15, -0.1) is 10.2 Å². The maximum atomic E-state index is 13.5. The van der Waals surface area contributed by atoms with Gasteiger partial charge in [0.1, 0.15) is 5.82 Å². The highest BCUT2D eigenvalue weighted by Crippen LogP contribution is 2.33. The molecule has 2 aromatic heterocycles. The first-order valence-corrected chi connectivity index (χ1v) is 13.0. The maximum absolute atomic E-state index is 13.5. The molecule has 1 aliphatic heterocycles. The van der Waals surface area contributed by atoms with Crippen molar-refractivity contribution in [2.75, 3.05) is 31.2 Å². The average Bonchev–Trinajstić information content (AvgIpc) is 3.61. The second kappa shape index (κ2) is 9.47. The number of ether oxygens (including phenoxy) is 1. The zero-order valence-corrected chi connectivity index (χ0v) is 20.5. The summed E-state index contributed by atoms with van der Waals surface area (Å²) >= 11 is 1.66. The summed E-state index contributed by atoms with van der Waals surface area (Å²) in [6, 6.07) is 15.0. The van der Waals surface area contributed by atoms with Crippen molar-refractivity contribution in [2.24, 2.45) is 0 Å². The van der Waals surface area contributed by atoms with Crippen LogP contribution in [0.3, 0.4) is 0 Å². The monoisotopic (exact) mass is 490 g/mol. The molecule has 35 heavy (non-hydrogen) atoms. The number of thioether (sulfide) groups is 1. The highest BCUT2D eigenvalue weighted by molar-refractivity contribution is 7.98. The Balaban J connectivity index is 1.32. The summed E-state index contributed by atoms with van der Waals surface area (Å²) in [5, 5.41) is 15.0. The minimum Gasteiger partial charge on any atom is -0.378 e. The second-order valence-corrected chi connectivity index (χ2v) is 9.90. The van der Waals surface area contributed by atoms with Crippen molar-refractivity contribution in [3.63, 3.8) is 0 Å². The van der Waals surface area contributed by atoms with Crippen molar-refractivity contribution in [1.82, 2.24) is 24.5 Å². The van der Waals surface area contributed by atoms with Gasteiger partial charge in [-0.3, -0.25) is 4.57 Å². The molecule has 1 aliphatic carbocycles. The molecule has 4 aromatic rings. The Labute approximate surface area is 207 Å². The van der Waals surface area contributed by atoms with Crippen LogP contribution in [0.4, 0.5) is 10.3 Å². The van der Waals surface area contributed by atoms with Crippen LogP contribution in [-0.2, 0) is 23.3 Å². The number of aromatic nitrogens is 5. The summed E-state index contributed by atoms with van der Waals surface area (Å²) < 4.78 is 23.1. The number of hydrogen-bond donors (Lipinski definition) is 0. The van der Waals surface area contributed by atoms with E-state index in [4.69, 9.17) is 9.84 Å². The molecular weight excluding hydrogens is 463 g/mol. The van der Waals surface area contributed by atoms with Crippen molar-refractivity contribution in [3.8, 4) is 11.4 Å². The molecule has 7 nitrogen and oxygen atoms in total. The quantitative estimate of drug-likeness (QED) is 0.371. The average molecular weight is 491 g/mol. The third-order valence-electron chi connectivity index (χ3n) is 6.62. The highest BCUT2D eigenvalue weighted by Gasteiger charge is 2.25. The molecular formula is C26H27FN6OS. The number of morpholine rings is 1. The molecule has 1 saturated heterocycles. The molecule has 180 valence electrons. The molecule has 3 heterocycles. The number of fused-ring (bicyclic) bond motifs is 1. The van der Waals surface area contributed by atoms with E-state index in [0.717, 1.165) is 60.5 Å². The molecule has 9 heteroatoms. The van der Waals surface area contributed by atoms with Gasteiger partial charge in [0.25, 0.3) is 0 Å². The summed E-state index contributed by atoms with van der Waals surface area (Å²) in [6.45, 7) is 5.06. The Morgan fingerprint density at radius 2 is 1.69 bits per heavy atom. The van der Waals surface area contributed by atoms with Gasteiger partial charge >= 0.3 is 0 Å². The molecule has 1 fully saturated rings. The Kier molecular flexibility index (Phi) is 6.03. The summed E-state index contributed by atoms with van der Waals surface area (Å²) in [5.74, 6) is 1.31. The second-order valence-electron chi connectivity index (χ2n) is 8.96. The zero-order valence-electron chi connectivity index (χ0n) is 19.7. The van der Waals surface area contributed by atoms with Gasteiger partial charge in [-0.05, 0) is 68.1 Å². The highest BCUT2D eigenvalue weighted by atomic mass is 32.2. The van der Waals surface area contributed by atoms with Crippen LogP contribution < -0.4 is 4.90 Å². The molecule has 2 aromatic carbocycles. The van der Waals surface area contributed by atoms with Crippen molar-refractivity contribution in [2.45, 2.75) is 37.1 Å². The molecule has 6 rings (SSSR count). The molecule has 0 atom stereocenters. The Morgan fingerprint density at radius 1 is 0.943 bits per heavy atom. The van der Waals surface area contributed by atoms with Crippen LogP contribution in [0, 0.1) is 12.7 Å². The van der Waals surface area contributed by atoms with Crippen molar-refractivity contribution in [1.29, 1.82) is 0 Å². The maximum Gasteiger partial charge on any atom is 0.232 e. The fourth-order valence-electron chi connectivity index (χ4n) is 4.80. The molecule has 0 N–H and O–H groups in total. The van der Waals surface area contributed by atoms with E-state index >= 15 is 0 Å². The summed E-state index contributed by atoms with van der Waals surface area (Å²) in [6.07, 6.45) is 3.13. The first-order chi connectivity index (χ1) is 17.2. The normalized spacial score (nSPS) is 15.5. The van der Waals surface area contributed by atoms with Crippen LogP contribution in [0.25, 0.3) is 11.4 Å². The lowest BCUT2D eigenvalue weighted by Gasteiger charge is -2.28. The van der Waals surface area contributed by atoms with Gasteiger partial charge in [0.05, 0.1) is 30.3 Å². The van der Waals surface area contributed by atoms with Crippen molar-refractivity contribution < 1.29 is 9.13 Å². The lowest BCUT2D eigenvalue weighted by molar-refractivity contribution is 0.122. The zero-order chi connectivity index (χ0) is 23.8. The lowest BCUT2D eigenvalue weighted by Crippen LogP contribution is -2.37. The van der Waals surface area contributed by atoms with Crippen molar-refractivity contribution in [3.05, 3.63) is 76.9 Å². The number of hydrogen-bond acceptors (Lipinski definition) is 6. The fraction of sp³-hybridized carbons (Fsp3) is 0.346. The standard InChI is InChI=1S/C26H27FN6OS/c1-18-5-9-20(10-6-18)32-25(31-13-15-34-16-14-31)28-29-26(32)35-17-23-22-3-2-4-24(22)33(30-23)21-11-7-19(27)8-12-21/h5-12H,2-4,13-17H2,1H3. The van der Waals surface area contributed by atoms with Gasteiger partial charge in [-0.1, -0.05) is 29.5 Å². The van der Waals surface area contributed by atoms with E-state index in [1.807, 2.05) is 4.68 Å². The van der Waals surface area contributed by atoms with E-state index in [1.54, 1.807) is 23.9 Å². The predicted molar refractivity (Wildman–Crippen MR) is 134 cm³/mol. The largest absolute Gasteiger partial charge is 0.378 e.